The largest absolute Gasteiger partial charge is 0.378 e. The summed E-state index contributed by atoms with van der Waals surface area (Å²) >= 11 is 0. The van der Waals surface area contributed by atoms with E-state index in [4.69, 9.17) is 14.3 Å². The highest BCUT2D eigenvalue weighted by Crippen LogP contribution is 2.57. The first-order chi connectivity index (χ1) is 13.2. The molecule has 1 aromatic heterocycles. The third-order valence-electron chi connectivity index (χ3n) is 6.60. The molecule has 2 atom stereocenters. The molecular formula is C20H33N5O2. The fourth-order valence-electron chi connectivity index (χ4n) is 4.85. The Hall–Kier alpha value is -1.60. The van der Waals surface area contributed by atoms with Crippen LogP contribution in [-0.4, -0.2) is 72.4 Å². The Morgan fingerprint density at radius 3 is 2.74 bits per heavy atom. The number of aliphatic imine (C=N–C) groups is 1. The van der Waals surface area contributed by atoms with E-state index in [0.29, 0.717) is 17.6 Å². The highest BCUT2D eigenvalue weighted by Gasteiger charge is 2.59. The predicted molar refractivity (Wildman–Crippen MR) is 105 cm³/mol. The van der Waals surface area contributed by atoms with Gasteiger partial charge in [0.05, 0.1) is 11.8 Å². The number of piperazine rings is 1. The van der Waals surface area contributed by atoms with Crippen LogP contribution < -0.4 is 5.32 Å². The Morgan fingerprint density at radius 1 is 1.33 bits per heavy atom. The molecule has 4 rings (SSSR count). The SMILES string of the molecule is CCN=C(NC1CC(OCC)C12CCC2)N1CCN(Cc2ccon2)CC1. The molecule has 1 spiro atoms. The van der Waals surface area contributed by atoms with Gasteiger partial charge in [-0.3, -0.25) is 9.89 Å². The summed E-state index contributed by atoms with van der Waals surface area (Å²) in [5.74, 6) is 1.09. The number of nitrogens with zero attached hydrogens (tertiary/aromatic N) is 4. The number of hydrogen-bond acceptors (Lipinski definition) is 5. The Balaban J connectivity index is 1.32. The monoisotopic (exact) mass is 375 g/mol. The van der Waals surface area contributed by atoms with Crippen LogP contribution in [0.2, 0.25) is 0 Å². The molecule has 0 amide bonds. The lowest BCUT2D eigenvalue weighted by molar-refractivity contribution is -0.169. The molecule has 7 nitrogen and oxygen atoms in total. The summed E-state index contributed by atoms with van der Waals surface area (Å²) < 4.78 is 10.9. The van der Waals surface area contributed by atoms with Crippen LogP contribution >= 0.6 is 0 Å². The third-order valence-corrected chi connectivity index (χ3v) is 6.60. The van der Waals surface area contributed by atoms with Gasteiger partial charge in [-0.2, -0.15) is 0 Å². The molecule has 1 aliphatic heterocycles. The van der Waals surface area contributed by atoms with Crippen LogP contribution in [0, 0.1) is 5.41 Å². The minimum atomic E-state index is 0.360. The Labute approximate surface area is 162 Å². The molecule has 0 bridgehead atoms. The van der Waals surface area contributed by atoms with Crippen molar-refractivity contribution < 1.29 is 9.26 Å². The van der Waals surface area contributed by atoms with E-state index < -0.39 is 0 Å². The van der Waals surface area contributed by atoms with Crippen molar-refractivity contribution in [1.82, 2.24) is 20.3 Å². The zero-order chi connectivity index (χ0) is 18.7. The van der Waals surface area contributed by atoms with Gasteiger partial charge in [0.25, 0.3) is 0 Å². The van der Waals surface area contributed by atoms with Gasteiger partial charge >= 0.3 is 0 Å². The average Bonchev–Trinajstić information content (AvgIpc) is 3.12. The van der Waals surface area contributed by atoms with Crippen molar-refractivity contribution in [1.29, 1.82) is 0 Å². The molecule has 7 heteroatoms. The second-order valence-corrected chi connectivity index (χ2v) is 8.02. The maximum atomic E-state index is 6.00. The van der Waals surface area contributed by atoms with Crippen molar-refractivity contribution in [2.45, 2.75) is 58.2 Å². The van der Waals surface area contributed by atoms with Crippen molar-refractivity contribution in [2.75, 3.05) is 39.3 Å². The molecule has 2 unspecified atom stereocenters. The summed E-state index contributed by atoms with van der Waals surface area (Å²) in [7, 11) is 0. The molecule has 0 aromatic carbocycles. The van der Waals surface area contributed by atoms with Crippen molar-refractivity contribution in [3.63, 3.8) is 0 Å². The first-order valence-corrected chi connectivity index (χ1v) is 10.5. The van der Waals surface area contributed by atoms with Crippen LogP contribution in [-0.2, 0) is 11.3 Å². The van der Waals surface area contributed by atoms with Crippen LogP contribution in [0.25, 0.3) is 0 Å². The van der Waals surface area contributed by atoms with Crippen LogP contribution in [0.3, 0.4) is 0 Å². The highest BCUT2D eigenvalue weighted by atomic mass is 16.5. The van der Waals surface area contributed by atoms with E-state index in [-0.39, 0.29) is 0 Å². The van der Waals surface area contributed by atoms with Gasteiger partial charge in [-0.25, -0.2) is 0 Å². The summed E-state index contributed by atoms with van der Waals surface area (Å²) in [6.07, 6.45) is 7.12. The topological polar surface area (TPSA) is 66.1 Å². The van der Waals surface area contributed by atoms with Gasteiger partial charge in [-0.05, 0) is 33.1 Å². The van der Waals surface area contributed by atoms with Crippen LogP contribution in [0.4, 0.5) is 0 Å². The lowest BCUT2D eigenvalue weighted by atomic mass is 9.51. The molecule has 1 saturated heterocycles. The molecule has 2 heterocycles. The van der Waals surface area contributed by atoms with Gasteiger partial charge in [0.1, 0.15) is 6.26 Å². The average molecular weight is 376 g/mol. The van der Waals surface area contributed by atoms with E-state index in [9.17, 15) is 0 Å². The Morgan fingerprint density at radius 2 is 2.15 bits per heavy atom. The number of guanidine groups is 1. The fourth-order valence-corrected chi connectivity index (χ4v) is 4.85. The lowest BCUT2D eigenvalue weighted by Crippen LogP contribution is -2.69. The smallest absolute Gasteiger partial charge is 0.194 e. The summed E-state index contributed by atoms with van der Waals surface area (Å²) in [5, 5.41) is 7.84. The van der Waals surface area contributed by atoms with Gasteiger partial charge in [0, 0.05) is 63.4 Å². The molecule has 150 valence electrons. The van der Waals surface area contributed by atoms with E-state index in [1.165, 1.54) is 19.3 Å². The minimum absolute atomic E-state index is 0.360. The van der Waals surface area contributed by atoms with Crippen LogP contribution in [0.15, 0.2) is 21.8 Å². The molecular weight excluding hydrogens is 342 g/mol. The summed E-state index contributed by atoms with van der Waals surface area (Å²) in [4.78, 5) is 9.66. The number of rotatable bonds is 6. The maximum Gasteiger partial charge on any atom is 0.194 e. The summed E-state index contributed by atoms with van der Waals surface area (Å²) in [6.45, 7) is 10.8. The first-order valence-electron chi connectivity index (χ1n) is 10.5. The quantitative estimate of drug-likeness (QED) is 0.607. The molecule has 3 aliphatic rings. The zero-order valence-electron chi connectivity index (χ0n) is 16.7. The molecule has 2 saturated carbocycles. The van der Waals surface area contributed by atoms with Crippen molar-refractivity contribution >= 4 is 5.96 Å². The van der Waals surface area contributed by atoms with E-state index >= 15 is 0 Å². The van der Waals surface area contributed by atoms with Gasteiger partial charge in [0.15, 0.2) is 5.96 Å². The van der Waals surface area contributed by atoms with E-state index in [0.717, 1.165) is 63.9 Å². The number of ether oxygens (including phenoxy) is 1. The number of nitrogens with one attached hydrogen (secondary N) is 1. The predicted octanol–water partition coefficient (Wildman–Crippen LogP) is 2.11. The standard InChI is InChI=1S/C20H33N5O2/c1-3-21-19(22-17-14-18(26-4-2)20(17)7-5-8-20)25-11-9-24(10-12-25)15-16-6-13-27-23-16/h6,13,17-18H,3-5,7-12,14-15H2,1-2H3,(H,21,22). The van der Waals surface area contributed by atoms with E-state index in [2.05, 4.69) is 34.1 Å². The molecule has 27 heavy (non-hydrogen) atoms. The van der Waals surface area contributed by atoms with Gasteiger partial charge in [-0.15, -0.1) is 0 Å². The molecule has 2 aliphatic carbocycles. The Bertz CT molecular complexity index is 620. The molecule has 1 N–H and O–H groups in total. The molecule has 3 fully saturated rings. The van der Waals surface area contributed by atoms with Gasteiger partial charge in [-0.1, -0.05) is 11.6 Å². The highest BCUT2D eigenvalue weighted by molar-refractivity contribution is 5.80. The second-order valence-electron chi connectivity index (χ2n) is 8.02. The summed E-state index contributed by atoms with van der Waals surface area (Å²) in [6, 6.07) is 2.46. The van der Waals surface area contributed by atoms with E-state index in [1.54, 1.807) is 6.26 Å². The molecule has 0 radical (unpaired) electrons. The number of hydrogen-bond donors (Lipinski definition) is 1. The van der Waals surface area contributed by atoms with Crippen molar-refractivity contribution in [2.24, 2.45) is 10.4 Å². The van der Waals surface area contributed by atoms with Crippen molar-refractivity contribution in [3.05, 3.63) is 18.0 Å². The third kappa shape index (κ3) is 3.72. The first kappa shape index (κ1) is 18.7. The molecule has 1 aromatic rings. The zero-order valence-corrected chi connectivity index (χ0v) is 16.7. The van der Waals surface area contributed by atoms with Crippen molar-refractivity contribution in [3.8, 4) is 0 Å². The van der Waals surface area contributed by atoms with Gasteiger partial charge < -0.3 is 19.5 Å². The normalized spacial score (nSPS) is 28.1. The Kier molecular flexibility index (Phi) is 5.68. The van der Waals surface area contributed by atoms with Crippen LogP contribution in [0.1, 0.15) is 45.2 Å². The fraction of sp³-hybridized carbons (Fsp3) is 0.800. The van der Waals surface area contributed by atoms with E-state index in [1.807, 2.05) is 6.07 Å². The second kappa shape index (κ2) is 8.19. The van der Waals surface area contributed by atoms with Crippen LogP contribution in [0.5, 0.6) is 0 Å². The number of aromatic nitrogens is 1. The summed E-state index contributed by atoms with van der Waals surface area (Å²) in [5.41, 5.74) is 1.37. The lowest BCUT2D eigenvalue weighted by Gasteiger charge is -2.61. The van der Waals surface area contributed by atoms with Gasteiger partial charge in [0.2, 0.25) is 0 Å². The maximum absolute atomic E-state index is 6.00. The minimum Gasteiger partial charge on any atom is -0.378 e.